The van der Waals surface area contributed by atoms with Crippen molar-refractivity contribution in [3.63, 3.8) is 0 Å². The highest BCUT2D eigenvalue weighted by Gasteiger charge is 2.23. The Bertz CT molecular complexity index is 1570. The summed E-state index contributed by atoms with van der Waals surface area (Å²) >= 11 is 1.51. The lowest BCUT2D eigenvalue weighted by molar-refractivity contribution is 0.0977. The zero-order valence-electron chi connectivity index (χ0n) is 19.4. The SMILES string of the molecule is COCCN(C(=O)c1cn2c(=O)c(-c3ccccc3OC)ccc2c2sccc12)c1ccccc1. The van der Waals surface area contributed by atoms with Gasteiger partial charge in [0.2, 0.25) is 0 Å². The van der Waals surface area contributed by atoms with Gasteiger partial charge in [-0.1, -0.05) is 36.4 Å². The Morgan fingerprint density at radius 1 is 0.943 bits per heavy atom. The third-order valence-electron chi connectivity index (χ3n) is 6.02. The van der Waals surface area contributed by atoms with Crippen molar-refractivity contribution in [1.82, 2.24) is 4.40 Å². The van der Waals surface area contributed by atoms with Crippen molar-refractivity contribution in [1.29, 1.82) is 0 Å². The minimum atomic E-state index is -0.209. The van der Waals surface area contributed by atoms with Gasteiger partial charge in [-0.15, -0.1) is 11.3 Å². The van der Waals surface area contributed by atoms with E-state index in [9.17, 15) is 9.59 Å². The Labute approximate surface area is 206 Å². The van der Waals surface area contributed by atoms with Gasteiger partial charge in [0.1, 0.15) is 5.75 Å². The quantitative estimate of drug-likeness (QED) is 0.307. The van der Waals surface area contributed by atoms with Crippen LogP contribution in [0.5, 0.6) is 5.75 Å². The molecule has 2 aromatic carbocycles. The van der Waals surface area contributed by atoms with Crippen LogP contribution in [0.2, 0.25) is 0 Å². The molecule has 35 heavy (non-hydrogen) atoms. The number of benzene rings is 2. The van der Waals surface area contributed by atoms with Gasteiger partial charge in [-0.2, -0.15) is 0 Å². The molecule has 0 radical (unpaired) electrons. The smallest absolute Gasteiger partial charge is 0.263 e. The molecule has 6 nitrogen and oxygen atoms in total. The number of thiophene rings is 1. The van der Waals surface area contributed by atoms with Gasteiger partial charge in [0.25, 0.3) is 11.5 Å². The summed E-state index contributed by atoms with van der Waals surface area (Å²) in [6.45, 7) is 0.776. The lowest BCUT2D eigenvalue weighted by Crippen LogP contribution is -2.34. The first-order chi connectivity index (χ1) is 17.1. The lowest BCUT2D eigenvalue weighted by Gasteiger charge is -2.23. The molecule has 0 bridgehead atoms. The summed E-state index contributed by atoms with van der Waals surface area (Å²) in [7, 11) is 3.20. The standard InChI is InChI=1S/C28H24N2O4S/c1-33-16-15-29(19-8-4-3-5-9-19)28(32)23-18-30-24(26-21(23)14-17-35-26)13-12-22(27(30)31)20-10-6-7-11-25(20)34-2/h3-14,17-18H,15-16H2,1-2H3. The number of carbonyl (C=O) groups is 1. The number of pyridine rings is 2. The fourth-order valence-electron chi connectivity index (χ4n) is 4.31. The first kappa shape index (κ1) is 22.8. The number of ether oxygens (including phenoxy) is 2. The van der Waals surface area contributed by atoms with Crippen molar-refractivity contribution >= 4 is 38.5 Å². The van der Waals surface area contributed by atoms with Gasteiger partial charge in [-0.3, -0.25) is 14.0 Å². The number of rotatable bonds is 7. The molecule has 3 aromatic heterocycles. The molecule has 176 valence electrons. The van der Waals surface area contributed by atoms with E-state index in [0.717, 1.165) is 21.3 Å². The molecule has 0 atom stereocenters. The van der Waals surface area contributed by atoms with Crippen molar-refractivity contribution in [2.75, 3.05) is 32.3 Å². The average molecular weight is 485 g/mol. The van der Waals surface area contributed by atoms with Crippen LogP contribution in [0.1, 0.15) is 10.4 Å². The summed E-state index contributed by atoms with van der Waals surface area (Å²) in [5, 5.41) is 2.77. The van der Waals surface area contributed by atoms with Gasteiger partial charge < -0.3 is 14.4 Å². The van der Waals surface area contributed by atoms with E-state index in [4.69, 9.17) is 9.47 Å². The van der Waals surface area contributed by atoms with Crippen molar-refractivity contribution < 1.29 is 14.3 Å². The Morgan fingerprint density at radius 2 is 1.71 bits per heavy atom. The maximum absolute atomic E-state index is 13.9. The number of hydrogen-bond donors (Lipinski definition) is 0. The molecule has 0 saturated carbocycles. The molecule has 0 aliphatic rings. The number of hydrogen-bond acceptors (Lipinski definition) is 5. The largest absolute Gasteiger partial charge is 0.496 e. The van der Waals surface area contributed by atoms with Crippen molar-refractivity contribution in [3.05, 3.63) is 100 Å². The highest BCUT2D eigenvalue weighted by atomic mass is 32.1. The molecular formula is C28H24N2O4S. The lowest BCUT2D eigenvalue weighted by atomic mass is 10.0. The predicted octanol–water partition coefficient (Wildman–Crippen LogP) is 5.48. The van der Waals surface area contributed by atoms with Crippen LogP contribution in [0.3, 0.4) is 0 Å². The summed E-state index contributed by atoms with van der Waals surface area (Å²) in [5.41, 5.74) is 3.01. The number of anilines is 1. The van der Waals surface area contributed by atoms with Crippen LogP contribution < -0.4 is 15.2 Å². The minimum Gasteiger partial charge on any atom is -0.496 e. The predicted molar refractivity (Wildman–Crippen MR) is 141 cm³/mol. The third-order valence-corrected chi connectivity index (χ3v) is 6.96. The molecule has 0 saturated heterocycles. The van der Waals surface area contributed by atoms with E-state index in [0.29, 0.717) is 35.6 Å². The molecule has 7 heteroatoms. The van der Waals surface area contributed by atoms with E-state index < -0.39 is 0 Å². The van der Waals surface area contributed by atoms with Crippen LogP contribution in [0.15, 0.2) is 89.2 Å². The maximum Gasteiger partial charge on any atom is 0.263 e. The van der Waals surface area contributed by atoms with E-state index in [-0.39, 0.29) is 11.5 Å². The second-order valence-electron chi connectivity index (χ2n) is 8.00. The van der Waals surface area contributed by atoms with E-state index in [1.165, 1.54) is 11.3 Å². The molecule has 0 spiro atoms. The monoisotopic (exact) mass is 484 g/mol. The summed E-state index contributed by atoms with van der Waals surface area (Å²) < 4.78 is 13.2. The van der Waals surface area contributed by atoms with Crippen molar-refractivity contribution in [3.8, 4) is 16.9 Å². The van der Waals surface area contributed by atoms with Gasteiger partial charge in [-0.05, 0) is 41.8 Å². The zero-order chi connectivity index (χ0) is 24.4. The van der Waals surface area contributed by atoms with Gasteiger partial charge >= 0.3 is 0 Å². The number of para-hydroxylation sites is 2. The van der Waals surface area contributed by atoms with Gasteiger partial charge in [0.05, 0.1) is 35.1 Å². The molecule has 1 amide bonds. The molecule has 5 rings (SSSR count). The van der Waals surface area contributed by atoms with Crippen LogP contribution in [-0.4, -0.2) is 37.7 Å². The van der Waals surface area contributed by atoms with Gasteiger partial charge in [-0.25, -0.2) is 0 Å². The van der Waals surface area contributed by atoms with Crippen LogP contribution in [-0.2, 0) is 4.74 Å². The molecule has 0 aliphatic carbocycles. The van der Waals surface area contributed by atoms with Crippen molar-refractivity contribution in [2.24, 2.45) is 0 Å². The second kappa shape index (κ2) is 9.74. The Kier molecular flexibility index (Phi) is 6.35. The van der Waals surface area contributed by atoms with E-state index in [1.54, 1.807) is 29.7 Å². The zero-order valence-corrected chi connectivity index (χ0v) is 20.2. The summed E-state index contributed by atoms with van der Waals surface area (Å²) in [6.07, 6.45) is 1.66. The number of amides is 1. The Hall–Kier alpha value is -3.94. The number of aromatic nitrogens is 1. The van der Waals surface area contributed by atoms with Gasteiger partial charge in [0.15, 0.2) is 0 Å². The molecule has 3 heterocycles. The maximum atomic E-state index is 13.9. The molecule has 0 fully saturated rings. The third kappa shape index (κ3) is 4.09. The minimum absolute atomic E-state index is 0.187. The first-order valence-corrected chi connectivity index (χ1v) is 12.1. The molecular weight excluding hydrogens is 460 g/mol. The fourth-order valence-corrected chi connectivity index (χ4v) is 5.24. The number of fused-ring (bicyclic) bond motifs is 3. The summed E-state index contributed by atoms with van der Waals surface area (Å²) in [6, 6.07) is 22.6. The Balaban J connectivity index is 1.72. The average Bonchev–Trinajstić information content (AvgIpc) is 3.40. The molecule has 0 aliphatic heterocycles. The highest BCUT2D eigenvalue weighted by Crippen LogP contribution is 2.32. The molecule has 0 unspecified atom stereocenters. The number of carbonyl (C=O) groups excluding carboxylic acids is 1. The van der Waals surface area contributed by atoms with E-state index in [2.05, 4.69) is 0 Å². The normalized spacial score (nSPS) is 11.1. The molecule has 0 N–H and O–H groups in total. The van der Waals surface area contributed by atoms with Crippen LogP contribution >= 0.6 is 11.3 Å². The second-order valence-corrected chi connectivity index (χ2v) is 8.92. The highest BCUT2D eigenvalue weighted by molar-refractivity contribution is 7.18. The molecule has 5 aromatic rings. The fraction of sp³-hybridized carbons (Fsp3) is 0.143. The van der Waals surface area contributed by atoms with Gasteiger partial charge in [0, 0.05) is 36.5 Å². The van der Waals surface area contributed by atoms with Crippen molar-refractivity contribution in [2.45, 2.75) is 0 Å². The van der Waals surface area contributed by atoms with Crippen LogP contribution in [0.25, 0.3) is 26.7 Å². The van der Waals surface area contributed by atoms with Crippen LogP contribution in [0.4, 0.5) is 5.69 Å². The van der Waals surface area contributed by atoms with E-state index in [1.807, 2.05) is 78.2 Å². The Morgan fingerprint density at radius 3 is 2.49 bits per heavy atom. The van der Waals surface area contributed by atoms with Crippen LogP contribution in [0, 0.1) is 0 Å². The topological polar surface area (TPSA) is 60.2 Å². The first-order valence-electron chi connectivity index (χ1n) is 11.2. The van der Waals surface area contributed by atoms with E-state index >= 15 is 0 Å². The number of methoxy groups -OCH3 is 2. The summed E-state index contributed by atoms with van der Waals surface area (Å²) in [5.74, 6) is 0.431. The number of nitrogens with zero attached hydrogens (tertiary/aromatic N) is 2. The summed E-state index contributed by atoms with van der Waals surface area (Å²) in [4.78, 5) is 29.3.